The summed E-state index contributed by atoms with van der Waals surface area (Å²) in [6.07, 6.45) is 1.53. The van der Waals surface area contributed by atoms with Crippen LogP contribution in [0, 0.1) is 5.92 Å². The Kier molecular flexibility index (Phi) is 6.10. The number of Topliss-reactive ketones (excluding diaryl/α,β-unsaturated/α-hetero) is 1. The predicted molar refractivity (Wildman–Crippen MR) is 89.9 cm³/mol. The molecule has 0 saturated carbocycles. The van der Waals surface area contributed by atoms with Crippen LogP contribution in [0.2, 0.25) is 0 Å². The number of ether oxygens (including phenoxy) is 1. The molecule has 0 N–H and O–H groups in total. The lowest BCUT2D eigenvalue weighted by atomic mass is 9.96. The summed E-state index contributed by atoms with van der Waals surface area (Å²) < 4.78 is 5.10. The van der Waals surface area contributed by atoms with Crippen molar-refractivity contribution in [3.63, 3.8) is 0 Å². The number of ketones is 1. The van der Waals surface area contributed by atoms with Crippen molar-refractivity contribution in [2.24, 2.45) is 5.92 Å². The lowest BCUT2D eigenvalue weighted by Crippen LogP contribution is -2.25. The summed E-state index contributed by atoms with van der Waals surface area (Å²) >= 11 is 0. The third-order valence-electron chi connectivity index (χ3n) is 3.83. The molecule has 3 nitrogen and oxygen atoms in total. The maximum absolute atomic E-state index is 12.1. The van der Waals surface area contributed by atoms with Gasteiger partial charge in [0.15, 0.2) is 0 Å². The van der Waals surface area contributed by atoms with Crippen LogP contribution < -0.4 is 0 Å². The fourth-order valence-corrected chi connectivity index (χ4v) is 2.35. The van der Waals surface area contributed by atoms with Gasteiger partial charge >= 0.3 is 5.97 Å². The van der Waals surface area contributed by atoms with Gasteiger partial charge in [-0.15, -0.1) is 0 Å². The van der Waals surface area contributed by atoms with Crippen molar-refractivity contribution in [1.29, 1.82) is 0 Å². The van der Waals surface area contributed by atoms with Crippen molar-refractivity contribution in [2.75, 3.05) is 0 Å². The first-order valence-corrected chi connectivity index (χ1v) is 7.93. The van der Waals surface area contributed by atoms with Crippen molar-refractivity contribution in [3.05, 3.63) is 71.3 Å². The fourth-order valence-electron chi connectivity index (χ4n) is 2.35. The zero-order chi connectivity index (χ0) is 16.7. The third kappa shape index (κ3) is 5.06. The third-order valence-corrected chi connectivity index (χ3v) is 3.83. The van der Waals surface area contributed by atoms with Crippen LogP contribution in [-0.2, 0) is 33.8 Å². The van der Waals surface area contributed by atoms with Gasteiger partial charge < -0.3 is 4.74 Å². The molecule has 3 heteroatoms. The average Bonchev–Trinajstić information content (AvgIpc) is 2.60. The zero-order valence-corrected chi connectivity index (χ0v) is 13.6. The Morgan fingerprint density at radius 1 is 0.913 bits per heavy atom. The van der Waals surface area contributed by atoms with Crippen molar-refractivity contribution in [1.82, 2.24) is 0 Å². The quantitative estimate of drug-likeness (QED) is 0.578. The van der Waals surface area contributed by atoms with Gasteiger partial charge in [-0.05, 0) is 29.5 Å². The number of carbonyl (C=O) groups is 2. The number of aryl methyl sites for hydroxylation is 1. The molecule has 0 spiro atoms. The van der Waals surface area contributed by atoms with Gasteiger partial charge in [0.05, 0.1) is 0 Å². The molecule has 120 valence electrons. The normalized spacial score (nSPS) is 11.7. The van der Waals surface area contributed by atoms with Gasteiger partial charge in [0.1, 0.15) is 6.61 Å². The van der Waals surface area contributed by atoms with E-state index in [9.17, 15) is 9.59 Å². The molecular formula is C20H22O3. The van der Waals surface area contributed by atoms with E-state index in [1.54, 1.807) is 6.92 Å². The van der Waals surface area contributed by atoms with Crippen LogP contribution in [0.5, 0.6) is 0 Å². The van der Waals surface area contributed by atoms with Crippen LogP contribution in [0.25, 0.3) is 0 Å². The van der Waals surface area contributed by atoms with Crippen LogP contribution in [0.15, 0.2) is 54.6 Å². The zero-order valence-electron chi connectivity index (χ0n) is 13.6. The number of benzene rings is 2. The van der Waals surface area contributed by atoms with E-state index in [1.165, 1.54) is 5.56 Å². The monoisotopic (exact) mass is 310 g/mol. The summed E-state index contributed by atoms with van der Waals surface area (Å²) in [7, 11) is 0. The highest BCUT2D eigenvalue weighted by atomic mass is 16.5. The molecule has 2 rings (SSSR count). The molecule has 0 aromatic heterocycles. The van der Waals surface area contributed by atoms with E-state index >= 15 is 0 Å². The molecule has 0 radical (unpaired) electrons. The van der Waals surface area contributed by atoms with E-state index < -0.39 is 11.8 Å². The second-order valence-corrected chi connectivity index (χ2v) is 5.70. The SMILES string of the molecule is CCc1ccc(C[C@H](C)C(=O)C(=O)OCc2ccccc2)cc1. The van der Waals surface area contributed by atoms with Gasteiger partial charge in [0, 0.05) is 5.92 Å². The highest BCUT2D eigenvalue weighted by Gasteiger charge is 2.23. The molecule has 2 aromatic rings. The van der Waals surface area contributed by atoms with Crippen LogP contribution in [0.3, 0.4) is 0 Å². The molecule has 0 heterocycles. The first-order valence-electron chi connectivity index (χ1n) is 7.93. The smallest absolute Gasteiger partial charge is 0.375 e. The molecule has 1 atom stereocenters. The van der Waals surface area contributed by atoms with Crippen molar-refractivity contribution >= 4 is 11.8 Å². The fraction of sp³-hybridized carbons (Fsp3) is 0.300. The minimum Gasteiger partial charge on any atom is -0.455 e. The highest BCUT2D eigenvalue weighted by molar-refractivity contribution is 6.34. The maximum Gasteiger partial charge on any atom is 0.375 e. The molecule has 2 aromatic carbocycles. The first kappa shape index (κ1) is 16.9. The van der Waals surface area contributed by atoms with E-state index in [4.69, 9.17) is 4.74 Å². The molecule has 0 bridgehead atoms. The summed E-state index contributed by atoms with van der Waals surface area (Å²) in [6, 6.07) is 17.5. The second kappa shape index (κ2) is 8.28. The van der Waals surface area contributed by atoms with Gasteiger partial charge in [-0.2, -0.15) is 0 Å². The van der Waals surface area contributed by atoms with E-state index in [-0.39, 0.29) is 12.5 Å². The Hall–Kier alpha value is -2.42. The largest absolute Gasteiger partial charge is 0.455 e. The van der Waals surface area contributed by atoms with E-state index in [1.807, 2.05) is 42.5 Å². The lowest BCUT2D eigenvalue weighted by Gasteiger charge is -2.11. The van der Waals surface area contributed by atoms with Crippen LogP contribution in [0.1, 0.15) is 30.5 Å². The molecular weight excluding hydrogens is 288 g/mol. The van der Waals surface area contributed by atoms with Gasteiger partial charge in [-0.25, -0.2) is 4.79 Å². The Labute approximate surface area is 137 Å². The molecule has 0 aliphatic heterocycles. The number of esters is 1. The molecule has 0 unspecified atom stereocenters. The standard InChI is InChI=1S/C20H22O3/c1-3-16-9-11-17(12-10-16)13-15(2)19(21)20(22)23-14-18-7-5-4-6-8-18/h4-12,15H,3,13-14H2,1-2H3/t15-/m0/s1. The average molecular weight is 310 g/mol. The summed E-state index contributed by atoms with van der Waals surface area (Å²) in [5.41, 5.74) is 3.19. The van der Waals surface area contributed by atoms with Crippen molar-refractivity contribution < 1.29 is 14.3 Å². The van der Waals surface area contributed by atoms with Crippen LogP contribution in [0.4, 0.5) is 0 Å². The number of hydrogen-bond acceptors (Lipinski definition) is 3. The van der Waals surface area contributed by atoms with Gasteiger partial charge in [0.2, 0.25) is 5.78 Å². The summed E-state index contributed by atoms with van der Waals surface area (Å²) in [4.78, 5) is 24.0. The topological polar surface area (TPSA) is 43.4 Å². The molecule has 0 saturated heterocycles. The molecule has 0 aliphatic carbocycles. The van der Waals surface area contributed by atoms with E-state index in [2.05, 4.69) is 19.1 Å². The highest BCUT2D eigenvalue weighted by Crippen LogP contribution is 2.12. The van der Waals surface area contributed by atoms with Gasteiger partial charge in [-0.3, -0.25) is 4.79 Å². The Morgan fingerprint density at radius 3 is 2.13 bits per heavy atom. The lowest BCUT2D eigenvalue weighted by molar-refractivity contribution is -0.156. The predicted octanol–water partition coefficient (Wildman–Crippen LogP) is 3.74. The minimum atomic E-state index is -0.758. The van der Waals surface area contributed by atoms with Gasteiger partial charge in [-0.1, -0.05) is 68.4 Å². The second-order valence-electron chi connectivity index (χ2n) is 5.70. The summed E-state index contributed by atoms with van der Waals surface area (Å²) in [5, 5.41) is 0. The maximum atomic E-state index is 12.1. The van der Waals surface area contributed by atoms with Gasteiger partial charge in [0.25, 0.3) is 0 Å². The summed E-state index contributed by atoms with van der Waals surface area (Å²) in [5.74, 6) is -1.61. The first-order chi connectivity index (χ1) is 11.1. The molecule has 0 amide bonds. The number of rotatable bonds is 7. The van der Waals surface area contributed by atoms with Crippen molar-refractivity contribution in [3.8, 4) is 0 Å². The van der Waals surface area contributed by atoms with Crippen LogP contribution in [-0.4, -0.2) is 11.8 Å². The van der Waals surface area contributed by atoms with E-state index in [0.717, 1.165) is 17.5 Å². The Bertz CT molecular complexity index is 644. The molecule has 23 heavy (non-hydrogen) atoms. The van der Waals surface area contributed by atoms with Crippen molar-refractivity contribution in [2.45, 2.75) is 33.3 Å². The molecule has 0 fully saturated rings. The number of hydrogen-bond donors (Lipinski definition) is 0. The minimum absolute atomic E-state index is 0.128. The van der Waals surface area contributed by atoms with E-state index in [0.29, 0.717) is 6.42 Å². The Balaban J connectivity index is 1.86. The van der Waals surface area contributed by atoms with Crippen LogP contribution >= 0.6 is 0 Å². The number of carbonyl (C=O) groups excluding carboxylic acids is 2. The summed E-state index contributed by atoms with van der Waals surface area (Å²) in [6.45, 7) is 3.99. The molecule has 0 aliphatic rings. The Morgan fingerprint density at radius 2 is 1.52 bits per heavy atom.